The van der Waals surface area contributed by atoms with Gasteiger partial charge in [-0.05, 0) is 98.2 Å². The molecule has 0 radical (unpaired) electrons. The van der Waals surface area contributed by atoms with E-state index in [1.54, 1.807) is 0 Å². The Bertz CT molecular complexity index is 678. The van der Waals surface area contributed by atoms with Crippen LogP contribution in [0.1, 0.15) is 86.0 Å². The number of aliphatic hydroxyl groups is 2. The Kier molecular flexibility index (Phi) is 6.32. The lowest BCUT2D eigenvalue weighted by molar-refractivity contribution is -0.0774. The summed E-state index contributed by atoms with van der Waals surface area (Å²) in [6.45, 7) is 12.3. The SMILES string of the molecule is CC(C)[C@H](C)/C=C/[C@@H](C)[C@H]1CCC2C3CC=C4C[C@@H](O)CC[C@]4(CO)C3CC[C@@]21C. The molecule has 0 heterocycles. The first-order valence-electron chi connectivity index (χ1n) is 12.9. The summed E-state index contributed by atoms with van der Waals surface area (Å²) in [4.78, 5) is 0. The second-order valence-electron chi connectivity index (χ2n) is 12.1. The summed E-state index contributed by atoms with van der Waals surface area (Å²) in [5, 5.41) is 20.8. The van der Waals surface area contributed by atoms with Gasteiger partial charge in [-0.15, -0.1) is 0 Å². The molecule has 3 fully saturated rings. The van der Waals surface area contributed by atoms with Crippen molar-refractivity contribution in [2.75, 3.05) is 6.61 Å². The second kappa shape index (κ2) is 8.39. The van der Waals surface area contributed by atoms with Crippen molar-refractivity contribution in [2.24, 2.45) is 52.3 Å². The smallest absolute Gasteiger partial charge is 0.0577 e. The first-order valence-corrected chi connectivity index (χ1v) is 12.9. The highest BCUT2D eigenvalue weighted by atomic mass is 16.3. The Labute approximate surface area is 185 Å². The number of hydrogen-bond donors (Lipinski definition) is 2. The minimum absolute atomic E-state index is 0.0280. The van der Waals surface area contributed by atoms with Crippen LogP contribution in [0.5, 0.6) is 0 Å². The van der Waals surface area contributed by atoms with Crippen LogP contribution in [0.15, 0.2) is 23.8 Å². The van der Waals surface area contributed by atoms with Crippen LogP contribution in [-0.4, -0.2) is 22.9 Å². The summed E-state index contributed by atoms with van der Waals surface area (Å²) in [7, 11) is 0. The minimum Gasteiger partial charge on any atom is -0.395 e. The van der Waals surface area contributed by atoms with Crippen LogP contribution >= 0.6 is 0 Å². The first-order chi connectivity index (χ1) is 14.2. The summed E-state index contributed by atoms with van der Waals surface area (Å²) >= 11 is 0. The molecule has 0 aromatic carbocycles. The van der Waals surface area contributed by atoms with Gasteiger partial charge < -0.3 is 10.2 Å². The molecule has 2 heteroatoms. The Morgan fingerprint density at radius 2 is 1.80 bits per heavy atom. The Hall–Kier alpha value is -0.600. The Morgan fingerprint density at radius 1 is 1.03 bits per heavy atom. The standard InChI is InChI=1S/C28H46O2/c1-18(2)19(3)6-7-20(4)24-10-11-25-23-9-8-21-16-22(30)12-15-28(21,17-29)26(23)13-14-27(24,25)5/h6-8,18-20,22-26,29-30H,9-17H2,1-5H3/b7-6+/t19-,20-,22+,23?,24-,25?,26?,27-,28-/m1/s1. The van der Waals surface area contributed by atoms with Crippen LogP contribution in [0, 0.1) is 52.3 Å². The number of hydrogen-bond acceptors (Lipinski definition) is 2. The maximum atomic E-state index is 10.6. The minimum atomic E-state index is -0.196. The van der Waals surface area contributed by atoms with Gasteiger partial charge in [-0.1, -0.05) is 58.4 Å². The predicted molar refractivity (Wildman–Crippen MR) is 125 cm³/mol. The maximum Gasteiger partial charge on any atom is 0.0577 e. The van der Waals surface area contributed by atoms with E-state index in [2.05, 4.69) is 52.8 Å². The van der Waals surface area contributed by atoms with Crippen LogP contribution in [0.4, 0.5) is 0 Å². The summed E-state index contributed by atoms with van der Waals surface area (Å²) in [5.41, 5.74) is 1.81. The summed E-state index contributed by atoms with van der Waals surface area (Å²) in [5.74, 6) is 4.97. The highest BCUT2D eigenvalue weighted by molar-refractivity contribution is 5.26. The fourth-order valence-electron chi connectivity index (χ4n) is 8.34. The van der Waals surface area contributed by atoms with E-state index in [-0.39, 0.29) is 18.1 Å². The molecule has 3 unspecified atom stereocenters. The molecule has 4 aliphatic carbocycles. The molecule has 0 aromatic heterocycles. The van der Waals surface area contributed by atoms with E-state index in [1.165, 1.54) is 37.7 Å². The van der Waals surface area contributed by atoms with Crippen LogP contribution in [0.25, 0.3) is 0 Å². The van der Waals surface area contributed by atoms with Gasteiger partial charge in [0.1, 0.15) is 0 Å². The molecular formula is C28H46O2. The van der Waals surface area contributed by atoms with Crippen molar-refractivity contribution >= 4 is 0 Å². The van der Waals surface area contributed by atoms with Crippen molar-refractivity contribution in [3.8, 4) is 0 Å². The molecule has 0 spiro atoms. The van der Waals surface area contributed by atoms with Gasteiger partial charge in [0.05, 0.1) is 12.7 Å². The quantitative estimate of drug-likeness (QED) is 0.512. The molecule has 9 atom stereocenters. The molecule has 0 bridgehead atoms. The number of allylic oxidation sites excluding steroid dienone is 3. The third-order valence-electron chi connectivity index (χ3n) is 10.6. The molecule has 2 nitrogen and oxygen atoms in total. The zero-order valence-corrected chi connectivity index (χ0v) is 20.1. The van der Waals surface area contributed by atoms with E-state index in [0.29, 0.717) is 29.1 Å². The van der Waals surface area contributed by atoms with Crippen LogP contribution in [-0.2, 0) is 0 Å². The lowest BCUT2D eigenvalue weighted by Crippen LogP contribution is -2.53. The molecule has 30 heavy (non-hydrogen) atoms. The first kappa shape index (κ1) is 22.6. The molecule has 0 aliphatic heterocycles. The summed E-state index contributed by atoms with van der Waals surface area (Å²) in [6, 6.07) is 0. The predicted octanol–water partition coefficient (Wildman–Crippen LogP) is 6.38. The molecule has 0 saturated heterocycles. The third kappa shape index (κ3) is 3.54. The van der Waals surface area contributed by atoms with Crippen molar-refractivity contribution in [3.63, 3.8) is 0 Å². The topological polar surface area (TPSA) is 40.5 Å². The zero-order valence-electron chi connectivity index (χ0n) is 20.1. The van der Waals surface area contributed by atoms with E-state index in [0.717, 1.165) is 37.0 Å². The maximum absolute atomic E-state index is 10.6. The van der Waals surface area contributed by atoms with Gasteiger partial charge in [0.2, 0.25) is 0 Å². The largest absolute Gasteiger partial charge is 0.395 e. The van der Waals surface area contributed by atoms with E-state index >= 15 is 0 Å². The lowest BCUT2D eigenvalue weighted by Gasteiger charge is -2.58. The van der Waals surface area contributed by atoms with Crippen molar-refractivity contribution in [1.29, 1.82) is 0 Å². The van der Waals surface area contributed by atoms with Gasteiger partial charge in [-0.2, -0.15) is 0 Å². The van der Waals surface area contributed by atoms with Crippen LogP contribution < -0.4 is 0 Å². The second-order valence-corrected chi connectivity index (χ2v) is 12.1. The number of fused-ring (bicyclic) bond motifs is 5. The van der Waals surface area contributed by atoms with Crippen molar-refractivity contribution < 1.29 is 10.2 Å². The highest BCUT2D eigenvalue weighted by Gasteiger charge is 2.60. The van der Waals surface area contributed by atoms with E-state index in [4.69, 9.17) is 0 Å². The summed E-state index contributed by atoms with van der Waals surface area (Å²) < 4.78 is 0. The van der Waals surface area contributed by atoms with E-state index in [9.17, 15) is 10.2 Å². The molecule has 0 amide bonds. The monoisotopic (exact) mass is 414 g/mol. The Balaban J connectivity index is 1.55. The molecule has 4 rings (SSSR count). The average Bonchev–Trinajstić information content (AvgIpc) is 3.08. The third-order valence-corrected chi connectivity index (χ3v) is 10.6. The summed E-state index contributed by atoms with van der Waals surface area (Å²) in [6.07, 6.45) is 16.4. The fourth-order valence-corrected chi connectivity index (χ4v) is 8.34. The zero-order chi connectivity index (χ0) is 21.7. The molecular weight excluding hydrogens is 368 g/mol. The lowest BCUT2D eigenvalue weighted by atomic mass is 9.46. The van der Waals surface area contributed by atoms with Gasteiger partial charge in [0.15, 0.2) is 0 Å². The van der Waals surface area contributed by atoms with E-state index < -0.39 is 0 Å². The van der Waals surface area contributed by atoms with E-state index in [1.807, 2.05) is 0 Å². The average molecular weight is 415 g/mol. The van der Waals surface area contributed by atoms with Crippen LogP contribution in [0.2, 0.25) is 0 Å². The van der Waals surface area contributed by atoms with Crippen LogP contribution in [0.3, 0.4) is 0 Å². The molecule has 0 aromatic rings. The van der Waals surface area contributed by atoms with Gasteiger partial charge in [-0.3, -0.25) is 0 Å². The van der Waals surface area contributed by atoms with Gasteiger partial charge in [0, 0.05) is 5.41 Å². The number of rotatable bonds is 5. The number of aliphatic hydroxyl groups excluding tert-OH is 2. The normalized spacial score (nSPS) is 45.6. The molecule has 2 N–H and O–H groups in total. The van der Waals surface area contributed by atoms with Crippen molar-refractivity contribution in [1.82, 2.24) is 0 Å². The van der Waals surface area contributed by atoms with Gasteiger partial charge in [-0.25, -0.2) is 0 Å². The highest BCUT2D eigenvalue weighted by Crippen LogP contribution is 2.67. The molecule has 4 aliphatic rings. The van der Waals surface area contributed by atoms with Crippen molar-refractivity contribution in [3.05, 3.63) is 23.8 Å². The van der Waals surface area contributed by atoms with Crippen molar-refractivity contribution in [2.45, 2.75) is 92.1 Å². The van der Waals surface area contributed by atoms with Gasteiger partial charge in [0.25, 0.3) is 0 Å². The fraction of sp³-hybridized carbons (Fsp3) is 0.857. The molecule has 3 saturated carbocycles. The van der Waals surface area contributed by atoms with Gasteiger partial charge >= 0.3 is 0 Å². The molecule has 170 valence electrons. The Morgan fingerprint density at radius 3 is 2.50 bits per heavy atom.